The van der Waals surface area contributed by atoms with Crippen molar-refractivity contribution < 1.29 is 19.4 Å². The highest BCUT2D eigenvalue weighted by Gasteiger charge is 2.11. The summed E-state index contributed by atoms with van der Waals surface area (Å²) in [6.45, 7) is 3.94. The number of carboxylic acids is 1. The molecule has 0 atom stereocenters. The fourth-order valence-corrected chi connectivity index (χ4v) is 2.65. The second-order valence-electron chi connectivity index (χ2n) is 5.75. The van der Waals surface area contributed by atoms with Gasteiger partial charge in [-0.05, 0) is 55.8 Å². The number of anilines is 2. The molecule has 3 aromatic rings. The summed E-state index contributed by atoms with van der Waals surface area (Å²) in [6.07, 6.45) is 0. The van der Waals surface area contributed by atoms with Gasteiger partial charge in [0, 0.05) is 22.5 Å². The standard InChI is InChI=1S/C20H18N2O4/c1-3-26-20(25)14-6-9-17-16(11-14)18(10-12(2)21-17)22-15-7-4-13(5-8-15)19(23)24/h4-11H,3H2,1-2H3,(H,21,22)(H,23,24)/p-1. The molecule has 1 N–H and O–H groups in total. The van der Waals surface area contributed by atoms with Gasteiger partial charge in [-0.2, -0.15) is 0 Å². The Morgan fingerprint density at radius 1 is 1.08 bits per heavy atom. The molecule has 2 aromatic carbocycles. The number of benzene rings is 2. The number of hydrogen-bond donors (Lipinski definition) is 1. The van der Waals surface area contributed by atoms with Gasteiger partial charge in [-0.15, -0.1) is 0 Å². The van der Waals surface area contributed by atoms with Crippen LogP contribution in [0, 0.1) is 6.92 Å². The number of aromatic nitrogens is 1. The number of carboxylic acid groups (broad SMARTS) is 1. The van der Waals surface area contributed by atoms with Gasteiger partial charge in [0.05, 0.1) is 23.7 Å². The second-order valence-corrected chi connectivity index (χ2v) is 5.75. The third kappa shape index (κ3) is 3.64. The molecule has 132 valence electrons. The van der Waals surface area contributed by atoms with E-state index in [2.05, 4.69) is 10.3 Å². The first kappa shape index (κ1) is 17.4. The van der Waals surface area contributed by atoms with Crippen LogP contribution in [-0.2, 0) is 4.74 Å². The number of fused-ring (bicyclic) bond motifs is 1. The lowest BCUT2D eigenvalue weighted by Crippen LogP contribution is -2.21. The molecule has 6 nitrogen and oxygen atoms in total. The molecule has 0 amide bonds. The quantitative estimate of drug-likeness (QED) is 0.712. The Labute approximate surface area is 150 Å². The van der Waals surface area contributed by atoms with E-state index < -0.39 is 5.97 Å². The van der Waals surface area contributed by atoms with Gasteiger partial charge in [-0.3, -0.25) is 4.98 Å². The summed E-state index contributed by atoms with van der Waals surface area (Å²) in [6, 6.07) is 13.3. The van der Waals surface area contributed by atoms with Crippen LogP contribution < -0.4 is 10.4 Å². The van der Waals surface area contributed by atoms with Crippen LogP contribution in [0.2, 0.25) is 0 Å². The van der Waals surface area contributed by atoms with Gasteiger partial charge in [-0.25, -0.2) is 4.79 Å². The molecule has 0 saturated carbocycles. The number of hydrogen-bond acceptors (Lipinski definition) is 6. The average molecular weight is 349 g/mol. The molecule has 0 radical (unpaired) electrons. The molecular formula is C20H17N2O4-. The van der Waals surface area contributed by atoms with Crippen molar-refractivity contribution in [2.24, 2.45) is 0 Å². The summed E-state index contributed by atoms with van der Waals surface area (Å²) in [7, 11) is 0. The van der Waals surface area contributed by atoms with Crippen LogP contribution in [0.5, 0.6) is 0 Å². The van der Waals surface area contributed by atoms with Gasteiger partial charge in [0.25, 0.3) is 0 Å². The maximum absolute atomic E-state index is 12.0. The fraction of sp³-hybridized carbons (Fsp3) is 0.150. The minimum absolute atomic E-state index is 0.107. The van der Waals surface area contributed by atoms with E-state index in [-0.39, 0.29) is 11.5 Å². The zero-order chi connectivity index (χ0) is 18.7. The molecule has 6 heteroatoms. The van der Waals surface area contributed by atoms with Crippen LogP contribution in [0.1, 0.15) is 33.3 Å². The van der Waals surface area contributed by atoms with Crippen LogP contribution in [-0.4, -0.2) is 23.5 Å². The number of esters is 1. The zero-order valence-corrected chi connectivity index (χ0v) is 14.4. The summed E-state index contributed by atoms with van der Waals surface area (Å²) in [4.78, 5) is 27.3. The SMILES string of the molecule is CCOC(=O)c1ccc2nc(C)cc(Nc3ccc(C(=O)[O-])cc3)c2c1. The minimum Gasteiger partial charge on any atom is -0.545 e. The van der Waals surface area contributed by atoms with Gasteiger partial charge < -0.3 is 20.0 Å². The first-order chi connectivity index (χ1) is 12.5. The van der Waals surface area contributed by atoms with Crippen molar-refractivity contribution in [2.75, 3.05) is 11.9 Å². The van der Waals surface area contributed by atoms with Crippen molar-refractivity contribution >= 4 is 34.2 Å². The molecule has 0 aliphatic carbocycles. The van der Waals surface area contributed by atoms with Gasteiger partial charge >= 0.3 is 5.97 Å². The van der Waals surface area contributed by atoms with E-state index in [4.69, 9.17) is 4.74 Å². The van der Waals surface area contributed by atoms with E-state index in [0.29, 0.717) is 17.9 Å². The topological polar surface area (TPSA) is 91.3 Å². The van der Waals surface area contributed by atoms with E-state index in [9.17, 15) is 14.7 Å². The van der Waals surface area contributed by atoms with Crippen LogP contribution in [0.3, 0.4) is 0 Å². The molecular weight excluding hydrogens is 332 g/mol. The molecule has 0 bridgehead atoms. The van der Waals surface area contributed by atoms with Crippen molar-refractivity contribution in [2.45, 2.75) is 13.8 Å². The maximum atomic E-state index is 12.0. The first-order valence-electron chi connectivity index (χ1n) is 8.15. The second kappa shape index (κ2) is 7.23. The Hall–Kier alpha value is -3.41. The Bertz CT molecular complexity index is 981. The molecule has 1 aromatic heterocycles. The molecule has 0 unspecified atom stereocenters. The third-order valence-corrected chi connectivity index (χ3v) is 3.85. The molecule has 0 aliphatic rings. The number of aromatic carboxylic acids is 1. The highest BCUT2D eigenvalue weighted by Crippen LogP contribution is 2.28. The summed E-state index contributed by atoms with van der Waals surface area (Å²) in [5.74, 6) is -1.61. The van der Waals surface area contributed by atoms with Gasteiger partial charge in [0.2, 0.25) is 0 Å². The summed E-state index contributed by atoms with van der Waals surface area (Å²) >= 11 is 0. The summed E-state index contributed by atoms with van der Waals surface area (Å²) in [5, 5.41) is 14.9. The lowest BCUT2D eigenvalue weighted by Gasteiger charge is -2.12. The largest absolute Gasteiger partial charge is 0.545 e. The predicted molar refractivity (Wildman–Crippen MR) is 96.5 cm³/mol. The highest BCUT2D eigenvalue weighted by atomic mass is 16.5. The number of nitrogens with one attached hydrogen (secondary N) is 1. The van der Waals surface area contributed by atoms with Crippen molar-refractivity contribution in [3.63, 3.8) is 0 Å². The Morgan fingerprint density at radius 2 is 1.77 bits per heavy atom. The molecule has 0 fully saturated rings. The monoisotopic (exact) mass is 349 g/mol. The third-order valence-electron chi connectivity index (χ3n) is 3.85. The smallest absolute Gasteiger partial charge is 0.338 e. The van der Waals surface area contributed by atoms with Crippen molar-refractivity contribution in [3.05, 3.63) is 65.4 Å². The molecule has 0 saturated heterocycles. The number of aryl methyl sites for hydroxylation is 1. The lowest BCUT2D eigenvalue weighted by molar-refractivity contribution is -0.255. The van der Waals surface area contributed by atoms with Crippen LogP contribution in [0.25, 0.3) is 10.9 Å². The van der Waals surface area contributed by atoms with Gasteiger partial charge in [0.1, 0.15) is 0 Å². The Morgan fingerprint density at radius 3 is 2.42 bits per heavy atom. The van der Waals surface area contributed by atoms with Crippen molar-refractivity contribution in [1.29, 1.82) is 0 Å². The molecule has 3 rings (SSSR count). The van der Waals surface area contributed by atoms with E-state index in [1.54, 1.807) is 37.3 Å². The van der Waals surface area contributed by atoms with Crippen LogP contribution >= 0.6 is 0 Å². The van der Waals surface area contributed by atoms with E-state index in [1.807, 2.05) is 13.0 Å². The molecule has 0 spiro atoms. The van der Waals surface area contributed by atoms with Crippen molar-refractivity contribution in [1.82, 2.24) is 4.98 Å². The number of rotatable bonds is 5. The predicted octanol–water partition coefficient (Wildman–Crippen LogP) is 2.83. The Balaban J connectivity index is 2.01. The molecule has 1 heterocycles. The Kier molecular flexibility index (Phi) is 4.84. The zero-order valence-electron chi connectivity index (χ0n) is 14.4. The number of ether oxygens (including phenoxy) is 1. The van der Waals surface area contributed by atoms with Crippen LogP contribution in [0.4, 0.5) is 11.4 Å². The lowest BCUT2D eigenvalue weighted by atomic mass is 10.1. The maximum Gasteiger partial charge on any atom is 0.338 e. The van der Waals surface area contributed by atoms with E-state index >= 15 is 0 Å². The first-order valence-corrected chi connectivity index (χ1v) is 8.15. The highest BCUT2D eigenvalue weighted by molar-refractivity contribution is 5.99. The number of nitrogens with zero attached hydrogens (tertiary/aromatic N) is 1. The summed E-state index contributed by atoms with van der Waals surface area (Å²) < 4.78 is 5.05. The van der Waals surface area contributed by atoms with Gasteiger partial charge in [-0.1, -0.05) is 12.1 Å². The minimum atomic E-state index is -1.22. The number of carbonyl (C=O) groups excluding carboxylic acids is 2. The van der Waals surface area contributed by atoms with Gasteiger partial charge in [0.15, 0.2) is 0 Å². The number of pyridine rings is 1. The number of carbonyl (C=O) groups is 2. The molecule has 0 aliphatic heterocycles. The van der Waals surface area contributed by atoms with Crippen LogP contribution in [0.15, 0.2) is 48.5 Å². The normalized spacial score (nSPS) is 10.5. The molecule has 26 heavy (non-hydrogen) atoms. The summed E-state index contributed by atoms with van der Waals surface area (Å²) in [5.41, 5.74) is 3.58. The van der Waals surface area contributed by atoms with E-state index in [0.717, 1.165) is 22.3 Å². The average Bonchev–Trinajstić information content (AvgIpc) is 2.62. The fourth-order valence-electron chi connectivity index (χ4n) is 2.65. The van der Waals surface area contributed by atoms with E-state index in [1.165, 1.54) is 12.1 Å². The van der Waals surface area contributed by atoms with Crippen molar-refractivity contribution in [3.8, 4) is 0 Å².